The number of rotatable bonds is 3. The van der Waals surface area contributed by atoms with Crippen LogP contribution in [0.15, 0.2) is 18.3 Å². The van der Waals surface area contributed by atoms with Gasteiger partial charge in [0.15, 0.2) is 0 Å². The highest BCUT2D eigenvalue weighted by molar-refractivity contribution is 5.74. The zero-order valence-corrected chi connectivity index (χ0v) is 8.34. The Hall–Kier alpha value is -1.79. The molecule has 4 nitrogen and oxygen atoms in total. The van der Waals surface area contributed by atoms with Crippen molar-refractivity contribution >= 4 is 11.8 Å². The topological polar surface area (TPSA) is 51.2 Å². The van der Waals surface area contributed by atoms with Crippen molar-refractivity contribution < 1.29 is 22.7 Å². The molecule has 0 unspecified atom stereocenters. The van der Waals surface area contributed by atoms with E-state index in [1.165, 1.54) is 12.3 Å². The molecule has 88 valence electrons. The Bertz CT molecular complexity index is 379. The van der Waals surface area contributed by atoms with Crippen LogP contribution in [-0.4, -0.2) is 24.6 Å². The number of alkyl halides is 3. The van der Waals surface area contributed by atoms with Crippen LogP contribution in [0, 0.1) is 0 Å². The highest BCUT2D eigenvalue weighted by Crippen LogP contribution is 2.33. The molecule has 0 aromatic carbocycles. The first-order chi connectivity index (χ1) is 7.45. The third-order valence-corrected chi connectivity index (χ3v) is 1.74. The van der Waals surface area contributed by atoms with E-state index in [2.05, 4.69) is 15.0 Å². The van der Waals surface area contributed by atoms with Crippen LogP contribution in [0.25, 0.3) is 0 Å². The highest BCUT2D eigenvalue weighted by Gasteiger charge is 2.34. The molecular weight excluding hydrogens is 225 g/mol. The van der Waals surface area contributed by atoms with Crippen molar-refractivity contribution in [2.75, 3.05) is 19.0 Å². The SMILES string of the molecule is COC(=O)CNc1ncccc1C(F)(F)F. The lowest BCUT2D eigenvalue weighted by Crippen LogP contribution is -2.18. The van der Waals surface area contributed by atoms with Gasteiger partial charge in [-0.2, -0.15) is 13.2 Å². The number of esters is 1. The smallest absolute Gasteiger partial charge is 0.419 e. The Balaban J connectivity index is 2.84. The van der Waals surface area contributed by atoms with E-state index in [9.17, 15) is 18.0 Å². The van der Waals surface area contributed by atoms with E-state index in [0.717, 1.165) is 13.2 Å². The van der Waals surface area contributed by atoms with Crippen LogP contribution in [0.3, 0.4) is 0 Å². The van der Waals surface area contributed by atoms with E-state index in [1.54, 1.807) is 0 Å². The number of hydrogen-bond donors (Lipinski definition) is 1. The number of carbonyl (C=O) groups excluding carboxylic acids is 1. The molecule has 1 N–H and O–H groups in total. The minimum atomic E-state index is -4.51. The standard InChI is InChI=1S/C9H9F3N2O2/c1-16-7(15)5-14-8-6(9(10,11)12)3-2-4-13-8/h2-4H,5H2,1H3,(H,13,14). The second-order valence-electron chi connectivity index (χ2n) is 2.83. The fourth-order valence-electron chi connectivity index (χ4n) is 1.00. The van der Waals surface area contributed by atoms with Gasteiger partial charge in [-0.15, -0.1) is 0 Å². The first-order valence-electron chi connectivity index (χ1n) is 4.28. The highest BCUT2D eigenvalue weighted by atomic mass is 19.4. The summed E-state index contributed by atoms with van der Waals surface area (Å²) in [5.41, 5.74) is -0.918. The van der Waals surface area contributed by atoms with Gasteiger partial charge < -0.3 is 10.1 Å². The summed E-state index contributed by atoms with van der Waals surface area (Å²) in [6.45, 7) is -0.364. The van der Waals surface area contributed by atoms with Crippen molar-refractivity contribution in [1.29, 1.82) is 0 Å². The molecule has 0 bridgehead atoms. The van der Waals surface area contributed by atoms with Crippen molar-refractivity contribution in [3.8, 4) is 0 Å². The number of nitrogens with one attached hydrogen (secondary N) is 1. The number of pyridine rings is 1. The van der Waals surface area contributed by atoms with E-state index in [-0.39, 0.29) is 12.4 Å². The van der Waals surface area contributed by atoms with Crippen LogP contribution < -0.4 is 5.32 Å². The molecule has 0 aliphatic carbocycles. The Kier molecular flexibility index (Phi) is 3.70. The average molecular weight is 234 g/mol. The Morgan fingerprint density at radius 3 is 2.81 bits per heavy atom. The van der Waals surface area contributed by atoms with Gasteiger partial charge in [0, 0.05) is 6.20 Å². The predicted octanol–water partition coefficient (Wildman–Crippen LogP) is 1.69. The molecule has 0 aliphatic rings. The lowest BCUT2D eigenvalue weighted by atomic mass is 10.2. The molecule has 1 aromatic heterocycles. The van der Waals surface area contributed by atoms with Crippen LogP contribution in [-0.2, 0) is 15.7 Å². The number of nitrogens with zero attached hydrogens (tertiary/aromatic N) is 1. The first kappa shape index (κ1) is 12.3. The number of anilines is 1. The van der Waals surface area contributed by atoms with Crippen LogP contribution in [0.1, 0.15) is 5.56 Å². The third-order valence-electron chi connectivity index (χ3n) is 1.74. The summed E-state index contributed by atoms with van der Waals surface area (Å²) in [4.78, 5) is 14.3. The van der Waals surface area contributed by atoms with Gasteiger partial charge >= 0.3 is 12.1 Å². The number of hydrogen-bond acceptors (Lipinski definition) is 4. The second-order valence-corrected chi connectivity index (χ2v) is 2.83. The number of carbonyl (C=O) groups is 1. The van der Waals surface area contributed by atoms with Gasteiger partial charge in [-0.25, -0.2) is 4.98 Å². The minimum Gasteiger partial charge on any atom is -0.468 e. The second kappa shape index (κ2) is 4.82. The Morgan fingerprint density at radius 1 is 1.56 bits per heavy atom. The lowest BCUT2D eigenvalue weighted by Gasteiger charge is -2.12. The number of methoxy groups -OCH3 is 1. The van der Waals surface area contributed by atoms with E-state index < -0.39 is 17.7 Å². The van der Waals surface area contributed by atoms with E-state index in [0.29, 0.717) is 0 Å². The third kappa shape index (κ3) is 3.11. The summed E-state index contributed by atoms with van der Waals surface area (Å²) in [5, 5.41) is 2.26. The van der Waals surface area contributed by atoms with Crippen molar-refractivity contribution in [2.45, 2.75) is 6.18 Å². The van der Waals surface area contributed by atoms with Gasteiger partial charge in [-0.3, -0.25) is 4.79 Å². The van der Waals surface area contributed by atoms with Crippen molar-refractivity contribution in [2.24, 2.45) is 0 Å². The monoisotopic (exact) mass is 234 g/mol. The van der Waals surface area contributed by atoms with E-state index >= 15 is 0 Å². The molecule has 1 rings (SSSR count). The summed E-state index contributed by atoms with van der Waals surface area (Å²) in [5.74, 6) is -1.06. The molecule has 0 spiro atoms. The van der Waals surface area contributed by atoms with Crippen molar-refractivity contribution in [3.63, 3.8) is 0 Å². The van der Waals surface area contributed by atoms with Crippen LogP contribution >= 0.6 is 0 Å². The maximum Gasteiger partial charge on any atom is 0.419 e. The molecule has 0 saturated carbocycles. The number of aromatic nitrogens is 1. The zero-order chi connectivity index (χ0) is 12.2. The molecule has 0 amide bonds. The molecule has 1 heterocycles. The molecule has 0 saturated heterocycles. The van der Waals surface area contributed by atoms with Crippen molar-refractivity contribution in [1.82, 2.24) is 4.98 Å². The maximum atomic E-state index is 12.5. The molecule has 0 aliphatic heterocycles. The Morgan fingerprint density at radius 2 is 2.25 bits per heavy atom. The van der Waals surface area contributed by atoms with E-state index in [4.69, 9.17) is 0 Å². The molecule has 1 aromatic rings. The van der Waals surface area contributed by atoms with Crippen LogP contribution in [0.2, 0.25) is 0 Å². The van der Waals surface area contributed by atoms with Gasteiger partial charge in [0.1, 0.15) is 12.4 Å². The maximum absolute atomic E-state index is 12.5. The Labute approximate surface area is 89.4 Å². The normalized spacial score (nSPS) is 11.0. The summed E-state index contributed by atoms with van der Waals surface area (Å²) in [6, 6.07) is 2.05. The summed E-state index contributed by atoms with van der Waals surface area (Å²) >= 11 is 0. The quantitative estimate of drug-likeness (QED) is 0.808. The number of ether oxygens (including phenoxy) is 1. The average Bonchev–Trinajstić information content (AvgIpc) is 2.25. The predicted molar refractivity (Wildman–Crippen MR) is 49.7 cm³/mol. The molecule has 0 radical (unpaired) electrons. The van der Waals surface area contributed by atoms with Gasteiger partial charge in [-0.05, 0) is 12.1 Å². The van der Waals surface area contributed by atoms with Gasteiger partial charge in [-0.1, -0.05) is 0 Å². The van der Waals surface area contributed by atoms with Gasteiger partial charge in [0.2, 0.25) is 0 Å². The molecular formula is C9H9F3N2O2. The molecule has 0 atom stereocenters. The fourth-order valence-corrected chi connectivity index (χ4v) is 1.00. The summed E-state index contributed by atoms with van der Waals surface area (Å²) in [7, 11) is 1.15. The van der Waals surface area contributed by atoms with Gasteiger partial charge in [0.05, 0.1) is 12.7 Å². The van der Waals surface area contributed by atoms with Crippen molar-refractivity contribution in [3.05, 3.63) is 23.9 Å². The largest absolute Gasteiger partial charge is 0.468 e. The molecule has 7 heteroatoms. The lowest BCUT2D eigenvalue weighted by molar-refractivity contribution is -0.139. The van der Waals surface area contributed by atoms with E-state index in [1.807, 2.05) is 0 Å². The van der Waals surface area contributed by atoms with Crippen LogP contribution in [0.5, 0.6) is 0 Å². The molecule has 0 fully saturated rings. The summed E-state index contributed by atoms with van der Waals surface area (Å²) < 4.78 is 41.7. The van der Waals surface area contributed by atoms with Gasteiger partial charge in [0.25, 0.3) is 0 Å². The van der Waals surface area contributed by atoms with Crippen LogP contribution in [0.4, 0.5) is 19.0 Å². The minimum absolute atomic E-state index is 0.364. The summed E-state index contributed by atoms with van der Waals surface area (Å²) in [6.07, 6.45) is -3.30. The first-order valence-corrected chi connectivity index (χ1v) is 4.28. The molecule has 16 heavy (non-hydrogen) atoms. The number of halogens is 3. The zero-order valence-electron chi connectivity index (χ0n) is 8.34. The fraction of sp³-hybridized carbons (Fsp3) is 0.333.